The van der Waals surface area contributed by atoms with Gasteiger partial charge >= 0.3 is 0 Å². The van der Waals surface area contributed by atoms with Crippen molar-refractivity contribution >= 4 is 21.8 Å². The molecule has 1 atom stereocenters. The summed E-state index contributed by atoms with van der Waals surface area (Å²) in [4.78, 5) is 11.8. The molecule has 0 aromatic carbocycles. The molecule has 0 spiro atoms. The molecule has 0 fully saturated rings. The summed E-state index contributed by atoms with van der Waals surface area (Å²) in [5, 5.41) is 10.5. The molecule has 0 bridgehead atoms. The van der Waals surface area contributed by atoms with Crippen LogP contribution in [0.5, 0.6) is 0 Å². The van der Waals surface area contributed by atoms with Crippen LogP contribution in [-0.2, 0) is 17.9 Å². The highest BCUT2D eigenvalue weighted by Gasteiger charge is 2.15. The fourth-order valence-corrected chi connectivity index (χ4v) is 2.21. The van der Waals surface area contributed by atoms with Crippen molar-refractivity contribution in [3.8, 4) is 0 Å². The normalized spacial score (nSPS) is 12.5. The van der Waals surface area contributed by atoms with Crippen LogP contribution < -0.4 is 10.6 Å². The van der Waals surface area contributed by atoms with E-state index < -0.39 is 0 Å². The van der Waals surface area contributed by atoms with Gasteiger partial charge in [-0.05, 0) is 43.1 Å². The van der Waals surface area contributed by atoms with Gasteiger partial charge in [-0.15, -0.1) is 0 Å². The number of hydrogen-bond acceptors (Lipinski definition) is 3. The second-order valence-corrected chi connectivity index (χ2v) is 5.35. The third-order valence-corrected chi connectivity index (χ3v) is 4.00. The molecule has 1 unspecified atom stereocenters. The second-order valence-electron chi connectivity index (χ2n) is 4.56. The zero-order chi connectivity index (χ0) is 14.4. The highest BCUT2D eigenvalue weighted by atomic mass is 79.9. The number of hydrogen-bond donors (Lipinski definition) is 2. The number of aryl methyl sites for hydroxylation is 2. The van der Waals surface area contributed by atoms with Crippen molar-refractivity contribution in [1.82, 2.24) is 20.4 Å². The van der Waals surface area contributed by atoms with Crippen molar-refractivity contribution in [3.05, 3.63) is 15.9 Å². The fourth-order valence-electron chi connectivity index (χ4n) is 1.78. The third kappa shape index (κ3) is 4.31. The Labute approximate surface area is 123 Å². The molecule has 1 aromatic heterocycles. The summed E-state index contributed by atoms with van der Waals surface area (Å²) in [5.74, 6) is 0.0391. The van der Waals surface area contributed by atoms with Gasteiger partial charge in [0.05, 0.1) is 21.9 Å². The predicted molar refractivity (Wildman–Crippen MR) is 79.9 cm³/mol. The number of carbonyl (C=O) groups is 1. The quantitative estimate of drug-likeness (QED) is 0.803. The van der Waals surface area contributed by atoms with E-state index in [0.29, 0.717) is 6.54 Å². The third-order valence-electron chi connectivity index (χ3n) is 2.97. The lowest BCUT2D eigenvalue weighted by atomic mass is 10.3. The van der Waals surface area contributed by atoms with Crippen LogP contribution in [0.15, 0.2) is 4.47 Å². The van der Waals surface area contributed by atoms with Crippen LogP contribution in [0.1, 0.15) is 38.6 Å². The Hall–Kier alpha value is -0.880. The smallest absolute Gasteiger partial charge is 0.236 e. The summed E-state index contributed by atoms with van der Waals surface area (Å²) in [6.45, 7) is 10.1. The monoisotopic (exact) mass is 330 g/mol. The largest absolute Gasteiger partial charge is 0.355 e. The zero-order valence-corrected chi connectivity index (χ0v) is 13.7. The van der Waals surface area contributed by atoms with E-state index in [9.17, 15) is 4.79 Å². The van der Waals surface area contributed by atoms with Crippen molar-refractivity contribution < 1.29 is 4.79 Å². The van der Waals surface area contributed by atoms with E-state index in [4.69, 9.17) is 0 Å². The molecule has 0 aliphatic carbocycles. The average Bonchev–Trinajstić information content (AvgIpc) is 2.68. The highest BCUT2D eigenvalue weighted by molar-refractivity contribution is 9.10. The Bertz CT molecular complexity index is 431. The van der Waals surface area contributed by atoms with Gasteiger partial charge in [-0.1, -0.05) is 6.92 Å². The van der Waals surface area contributed by atoms with Crippen LogP contribution in [-0.4, -0.2) is 28.3 Å². The lowest BCUT2D eigenvalue weighted by Crippen LogP contribution is -2.42. The van der Waals surface area contributed by atoms with Gasteiger partial charge in [0.2, 0.25) is 5.91 Å². The molecule has 0 aliphatic rings. The Balaban J connectivity index is 2.59. The molecule has 0 aliphatic heterocycles. The van der Waals surface area contributed by atoms with Crippen LogP contribution in [0.3, 0.4) is 0 Å². The lowest BCUT2D eigenvalue weighted by Gasteiger charge is -2.14. The van der Waals surface area contributed by atoms with Gasteiger partial charge in [-0.3, -0.25) is 9.48 Å². The van der Waals surface area contributed by atoms with E-state index in [-0.39, 0.29) is 11.9 Å². The highest BCUT2D eigenvalue weighted by Crippen LogP contribution is 2.20. The molecule has 0 saturated carbocycles. The SMILES string of the molecule is CCCNC(=O)C(C)NCc1c(Br)c(C)nn1CC. The van der Waals surface area contributed by atoms with Gasteiger partial charge < -0.3 is 10.6 Å². The second kappa shape index (κ2) is 7.65. The summed E-state index contributed by atoms with van der Waals surface area (Å²) in [6.07, 6.45) is 0.950. The van der Waals surface area contributed by atoms with Gasteiger partial charge in [-0.2, -0.15) is 5.10 Å². The first-order valence-corrected chi connectivity index (χ1v) is 7.53. The molecule has 1 amide bonds. The molecule has 1 heterocycles. The minimum atomic E-state index is -0.209. The Kier molecular flexibility index (Phi) is 6.51. The van der Waals surface area contributed by atoms with Crippen molar-refractivity contribution in [2.24, 2.45) is 0 Å². The topological polar surface area (TPSA) is 59.0 Å². The number of rotatable bonds is 7. The maximum atomic E-state index is 11.8. The Morgan fingerprint density at radius 1 is 1.47 bits per heavy atom. The van der Waals surface area contributed by atoms with Crippen molar-refractivity contribution in [1.29, 1.82) is 0 Å². The summed E-state index contributed by atoms with van der Waals surface area (Å²) >= 11 is 3.55. The van der Waals surface area contributed by atoms with E-state index in [1.165, 1.54) is 0 Å². The van der Waals surface area contributed by atoms with Crippen LogP contribution >= 0.6 is 15.9 Å². The van der Waals surface area contributed by atoms with Gasteiger partial charge in [0, 0.05) is 19.6 Å². The van der Waals surface area contributed by atoms with E-state index >= 15 is 0 Å². The van der Waals surface area contributed by atoms with E-state index in [1.807, 2.05) is 25.5 Å². The van der Waals surface area contributed by atoms with Crippen LogP contribution in [0, 0.1) is 6.92 Å². The van der Waals surface area contributed by atoms with Gasteiger partial charge in [0.25, 0.3) is 0 Å². The molecular weight excluding hydrogens is 308 g/mol. The molecule has 19 heavy (non-hydrogen) atoms. The molecule has 0 saturated heterocycles. The maximum absolute atomic E-state index is 11.8. The van der Waals surface area contributed by atoms with Crippen molar-refractivity contribution in [3.63, 3.8) is 0 Å². The molecule has 0 radical (unpaired) electrons. The number of carbonyl (C=O) groups excluding carboxylic acids is 1. The summed E-state index contributed by atoms with van der Waals surface area (Å²) in [6, 6.07) is -0.209. The molecule has 5 nitrogen and oxygen atoms in total. The first-order chi connectivity index (χ1) is 9.01. The number of nitrogens with one attached hydrogen (secondary N) is 2. The van der Waals surface area contributed by atoms with Crippen molar-refractivity contribution in [2.45, 2.75) is 53.2 Å². The van der Waals surface area contributed by atoms with E-state index in [2.05, 4.69) is 38.6 Å². The number of nitrogens with zero attached hydrogens (tertiary/aromatic N) is 2. The first kappa shape index (κ1) is 16.2. The number of amides is 1. The zero-order valence-electron chi connectivity index (χ0n) is 12.1. The Morgan fingerprint density at radius 2 is 2.16 bits per heavy atom. The number of halogens is 1. The summed E-state index contributed by atoms with van der Waals surface area (Å²) < 4.78 is 2.96. The van der Waals surface area contributed by atoms with Gasteiger partial charge in [0.1, 0.15) is 0 Å². The first-order valence-electron chi connectivity index (χ1n) is 6.74. The van der Waals surface area contributed by atoms with Crippen molar-refractivity contribution in [2.75, 3.05) is 6.54 Å². The number of aromatic nitrogens is 2. The lowest BCUT2D eigenvalue weighted by molar-refractivity contribution is -0.122. The molecule has 6 heteroatoms. The van der Waals surface area contributed by atoms with Crippen LogP contribution in [0.2, 0.25) is 0 Å². The Morgan fingerprint density at radius 3 is 2.74 bits per heavy atom. The predicted octanol–water partition coefficient (Wildman–Crippen LogP) is 1.98. The van der Waals surface area contributed by atoms with Crippen LogP contribution in [0.25, 0.3) is 0 Å². The summed E-state index contributed by atoms with van der Waals surface area (Å²) in [7, 11) is 0. The fraction of sp³-hybridized carbons (Fsp3) is 0.692. The maximum Gasteiger partial charge on any atom is 0.236 e. The molecule has 1 aromatic rings. The van der Waals surface area contributed by atoms with Crippen LogP contribution in [0.4, 0.5) is 0 Å². The molecule has 1 rings (SSSR count). The standard InChI is InChI=1S/C13H23BrN4O/c1-5-7-15-13(19)10(4)16-8-11-12(14)9(3)17-18(11)6-2/h10,16H,5-8H2,1-4H3,(H,15,19). The van der Waals surface area contributed by atoms with Gasteiger partial charge in [0.15, 0.2) is 0 Å². The molecule has 108 valence electrons. The van der Waals surface area contributed by atoms with E-state index in [0.717, 1.165) is 35.4 Å². The van der Waals surface area contributed by atoms with E-state index in [1.54, 1.807) is 0 Å². The molecular formula is C13H23BrN4O. The summed E-state index contributed by atoms with van der Waals surface area (Å²) in [5.41, 5.74) is 2.05. The minimum absolute atomic E-state index is 0.0391. The molecule has 2 N–H and O–H groups in total. The minimum Gasteiger partial charge on any atom is -0.355 e. The average molecular weight is 331 g/mol. The van der Waals surface area contributed by atoms with Gasteiger partial charge in [-0.25, -0.2) is 0 Å².